The smallest absolute Gasteiger partial charge is 0.138 e. The monoisotopic (exact) mass is 328 g/mol. The zero-order valence-corrected chi connectivity index (χ0v) is 14.5. The molecule has 0 aliphatic carbocycles. The van der Waals surface area contributed by atoms with Crippen molar-refractivity contribution in [2.24, 2.45) is 5.92 Å². The number of fused-ring (bicyclic) bond motifs is 1. The first-order chi connectivity index (χ1) is 11.6. The van der Waals surface area contributed by atoms with Gasteiger partial charge in [0.1, 0.15) is 17.7 Å². The summed E-state index contributed by atoms with van der Waals surface area (Å²) in [6, 6.07) is 1.98. The van der Waals surface area contributed by atoms with Crippen molar-refractivity contribution in [1.82, 2.24) is 20.0 Å². The van der Waals surface area contributed by atoms with Crippen molar-refractivity contribution in [2.75, 3.05) is 13.1 Å². The summed E-state index contributed by atoms with van der Waals surface area (Å²) in [5, 5.41) is 4.06. The Bertz CT molecular complexity index is 710. The summed E-state index contributed by atoms with van der Waals surface area (Å²) in [6.45, 7) is 8.89. The number of rotatable bonds is 3. The Morgan fingerprint density at radius 2 is 2.17 bits per heavy atom. The molecule has 2 fully saturated rings. The van der Waals surface area contributed by atoms with E-state index in [0.29, 0.717) is 12.0 Å². The number of piperidine rings is 1. The van der Waals surface area contributed by atoms with E-state index in [9.17, 15) is 0 Å². The van der Waals surface area contributed by atoms with Gasteiger partial charge in [-0.2, -0.15) is 0 Å². The van der Waals surface area contributed by atoms with Crippen LogP contribution in [0.2, 0.25) is 0 Å². The van der Waals surface area contributed by atoms with Gasteiger partial charge in [-0.05, 0) is 52.1 Å². The summed E-state index contributed by atoms with van der Waals surface area (Å²) < 4.78 is 11.6. The molecule has 6 nitrogen and oxygen atoms in total. The lowest BCUT2D eigenvalue weighted by molar-refractivity contribution is -0.0108. The van der Waals surface area contributed by atoms with Gasteiger partial charge in [0.25, 0.3) is 0 Å². The molecule has 2 saturated heterocycles. The molecule has 0 spiro atoms. The van der Waals surface area contributed by atoms with Gasteiger partial charge in [0.2, 0.25) is 0 Å². The highest BCUT2D eigenvalue weighted by molar-refractivity contribution is 5.20. The molecule has 6 heteroatoms. The Kier molecular flexibility index (Phi) is 4.10. The topological polar surface area (TPSA) is 64.3 Å². The summed E-state index contributed by atoms with van der Waals surface area (Å²) in [7, 11) is 0. The van der Waals surface area contributed by atoms with E-state index in [1.807, 2.05) is 33.0 Å². The zero-order valence-electron chi connectivity index (χ0n) is 14.5. The molecule has 0 radical (unpaired) electrons. The fraction of sp³-hybridized carbons (Fsp3) is 0.611. The molecule has 128 valence electrons. The van der Waals surface area contributed by atoms with E-state index in [-0.39, 0.29) is 6.10 Å². The first-order valence-corrected chi connectivity index (χ1v) is 8.69. The van der Waals surface area contributed by atoms with Crippen molar-refractivity contribution in [3.63, 3.8) is 0 Å². The van der Waals surface area contributed by atoms with Crippen molar-refractivity contribution >= 4 is 0 Å². The minimum Gasteiger partial charge on any atom is -0.367 e. The highest BCUT2D eigenvalue weighted by Gasteiger charge is 2.40. The van der Waals surface area contributed by atoms with Crippen LogP contribution >= 0.6 is 0 Å². The summed E-state index contributed by atoms with van der Waals surface area (Å²) in [6.07, 6.45) is 4.47. The van der Waals surface area contributed by atoms with Gasteiger partial charge < -0.3 is 9.26 Å². The van der Waals surface area contributed by atoms with Gasteiger partial charge in [0.15, 0.2) is 0 Å². The Morgan fingerprint density at radius 3 is 2.92 bits per heavy atom. The highest BCUT2D eigenvalue weighted by atomic mass is 16.5. The molecular formula is C18H24N4O2. The second-order valence-electron chi connectivity index (χ2n) is 7.01. The van der Waals surface area contributed by atoms with E-state index in [2.05, 4.69) is 20.0 Å². The lowest BCUT2D eigenvalue weighted by Gasteiger charge is -2.33. The van der Waals surface area contributed by atoms with Gasteiger partial charge in [0.05, 0.1) is 17.5 Å². The molecular weight excluding hydrogens is 304 g/mol. The molecule has 24 heavy (non-hydrogen) atoms. The number of likely N-dealkylation sites (tertiary alicyclic amines) is 1. The predicted molar refractivity (Wildman–Crippen MR) is 88.4 cm³/mol. The summed E-state index contributed by atoms with van der Waals surface area (Å²) in [5.41, 5.74) is 3.24. The fourth-order valence-corrected chi connectivity index (χ4v) is 3.93. The molecule has 0 bridgehead atoms. The number of hydrogen-bond donors (Lipinski definition) is 0. The van der Waals surface area contributed by atoms with Crippen LogP contribution in [0.3, 0.4) is 0 Å². The van der Waals surface area contributed by atoms with E-state index in [4.69, 9.17) is 9.26 Å². The maximum absolute atomic E-state index is 6.35. The number of aromatic nitrogens is 3. The fourth-order valence-electron chi connectivity index (χ4n) is 3.93. The standard InChI is InChI=1S/C18H24N4O2/c1-11-15(12(2)24-21-11)9-22-7-5-14-8-17(23-18(14)10-22)16-4-6-19-13(3)20-16/h4,6,14,17-18H,5,7-10H2,1-3H3/t14-,17-,18+/m0/s1. The second kappa shape index (κ2) is 6.26. The molecule has 0 aromatic carbocycles. The van der Waals surface area contributed by atoms with Gasteiger partial charge in [0, 0.05) is 24.8 Å². The normalized spacial score (nSPS) is 27.4. The van der Waals surface area contributed by atoms with Crippen LogP contribution in [0.15, 0.2) is 16.8 Å². The lowest BCUT2D eigenvalue weighted by atomic mass is 9.91. The third-order valence-corrected chi connectivity index (χ3v) is 5.33. The predicted octanol–water partition coefficient (Wildman–Crippen LogP) is 2.74. The average molecular weight is 328 g/mol. The van der Waals surface area contributed by atoms with Crippen LogP contribution in [0.25, 0.3) is 0 Å². The minimum atomic E-state index is 0.112. The summed E-state index contributed by atoms with van der Waals surface area (Å²) in [5.74, 6) is 2.37. The van der Waals surface area contributed by atoms with Gasteiger partial charge in [-0.25, -0.2) is 9.97 Å². The molecule has 2 aliphatic heterocycles. The Hall–Kier alpha value is -1.79. The van der Waals surface area contributed by atoms with Crippen LogP contribution < -0.4 is 0 Å². The Balaban J connectivity index is 1.42. The van der Waals surface area contributed by atoms with E-state index >= 15 is 0 Å². The summed E-state index contributed by atoms with van der Waals surface area (Å²) in [4.78, 5) is 11.2. The van der Waals surface area contributed by atoms with Crippen molar-refractivity contribution in [2.45, 2.75) is 52.4 Å². The van der Waals surface area contributed by atoms with E-state index in [1.54, 1.807) is 0 Å². The molecule has 4 rings (SSSR count). The van der Waals surface area contributed by atoms with Crippen LogP contribution in [0, 0.1) is 26.7 Å². The third-order valence-electron chi connectivity index (χ3n) is 5.33. The van der Waals surface area contributed by atoms with E-state index in [1.165, 1.54) is 12.0 Å². The first kappa shape index (κ1) is 15.7. The minimum absolute atomic E-state index is 0.112. The third kappa shape index (κ3) is 2.96. The molecule has 0 saturated carbocycles. The van der Waals surface area contributed by atoms with Crippen LogP contribution in [0.5, 0.6) is 0 Å². The molecule has 2 aromatic rings. The molecule has 4 heterocycles. The largest absolute Gasteiger partial charge is 0.367 e. The number of ether oxygens (including phenoxy) is 1. The van der Waals surface area contributed by atoms with Gasteiger partial charge in [-0.1, -0.05) is 5.16 Å². The van der Waals surface area contributed by atoms with Crippen molar-refractivity contribution in [1.29, 1.82) is 0 Å². The van der Waals surface area contributed by atoms with Crippen LogP contribution in [-0.4, -0.2) is 39.2 Å². The lowest BCUT2D eigenvalue weighted by Crippen LogP contribution is -2.41. The maximum Gasteiger partial charge on any atom is 0.138 e. The SMILES string of the molecule is Cc1nccc([C@@H]2C[C@@H]3CCN(Cc4c(C)noc4C)C[C@H]3O2)n1. The maximum atomic E-state index is 6.35. The van der Waals surface area contributed by atoms with Crippen LogP contribution in [0.4, 0.5) is 0 Å². The van der Waals surface area contributed by atoms with Crippen molar-refractivity contribution in [3.8, 4) is 0 Å². The number of aryl methyl sites for hydroxylation is 3. The van der Waals surface area contributed by atoms with Crippen LogP contribution in [0.1, 0.15) is 47.5 Å². The molecule has 0 unspecified atom stereocenters. The molecule has 3 atom stereocenters. The van der Waals surface area contributed by atoms with Gasteiger partial charge >= 0.3 is 0 Å². The molecule has 0 N–H and O–H groups in total. The molecule has 2 aromatic heterocycles. The van der Waals surface area contributed by atoms with Gasteiger partial charge in [-0.15, -0.1) is 0 Å². The Morgan fingerprint density at radius 1 is 1.29 bits per heavy atom. The average Bonchev–Trinajstić information content (AvgIpc) is 3.13. The molecule has 2 aliphatic rings. The number of nitrogens with zero attached hydrogens (tertiary/aromatic N) is 4. The Labute approximate surface area is 142 Å². The van der Waals surface area contributed by atoms with E-state index < -0.39 is 0 Å². The second-order valence-corrected chi connectivity index (χ2v) is 7.01. The van der Waals surface area contributed by atoms with Crippen molar-refractivity contribution < 1.29 is 9.26 Å². The highest BCUT2D eigenvalue weighted by Crippen LogP contribution is 2.40. The van der Waals surface area contributed by atoms with E-state index in [0.717, 1.165) is 49.0 Å². The number of hydrogen-bond acceptors (Lipinski definition) is 6. The zero-order chi connectivity index (χ0) is 16.7. The quantitative estimate of drug-likeness (QED) is 0.863. The van der Waals surface area contributed by atoms with Crippen LogP contribution in [-0.2, 0) is 11.3 Å². The first-order valence-electron chi connectivity index (χ1n) is 8.69. The summed E-state index contributed by atoms with van der Waals surface area (Å²) >= 11 is 0. The molecule has 0 amide bonds. The van der Waals surface area contributed by atoms with Crippen molar-refractivity contribution in [3.05, 3.63) is 40.8 Å². The van der Waals surface area contributed by atoms with Gasteiger partial charge in [-0.3, -0.25) is 4.90 Å².